The highest BCUT2D eigenvalue weighted by atomic mass is 32.1. The van der Waals surface area contributed by atoms with Crippen LogP contribution in [-0.2, 0) is 9.53 Å². The zero-order valence-electron chi connectivity index (χ0n) is 6.97. The Morgan fingerprint density at radius 1 is 1.85 bits per heavy atom. The highest BCUT2D eigenvalue weighted by molar-refractivity contribution is 7.09. The maximum absolute atomic E-state index is 11.1. The lowest BCUT2D eigenvalue weighted by Gasteiger charge is -2.03. The fourth-order valence-electron chi connectivity index (χ4n) is 0.780. The third-order valence-corrected chi connectivity index (χ3v) is 2.13. The average Bonchev–Trinajstić information content (AvgIpc) is 2.59. The molecule has 0 fully saturated rings. The fourth-order valence-corrected chi connectivity index (χ4v) is 1.43. The standard InChI is InChI=1S/C7H8N2O3S/c1-2-12-7(10)5(9-11)6-8-3-4-13-6/h3-5H,2H2,1H3. The van der Waals surface area contributed by atoms with Crippen LogP contribution >= 0.6 is 11.3 Å². The molecule has 6 heteroatoms. The molecule has 0 amide bonds. The topological polar surface area (TPSA) is 68.6 Å². The highest BCUT2D eigenvalue weighted by Gasteiger charge is 2.25. The van der Waals surface area contributed by atoms with Crippen LogP contribution in [-0.4, -0.2) is 17.6 Å². The smallest absolute Gasteiger partial charge is 0.341 e. The zero-order valence-corrected chi connectivity index (χ0v) is 7.78. The van der Waals surface area contributed by atoms with Crippen molar-refractivity contribution in [1.82, 2.24) is 4.98 Å². The second-order valence-corrected chi connectivity index (χ2v) is 3.06. The Morgan fingerprint density at radius 2 is 2.62 bits per heavy atom. The first-order valence-electron chi connectivity index (χ1n) is 3.68. The number of hydrogen-bond acceptors (Lipinski definition) is 6. The van der Waals surface area contributed by atoms with E-state index >= 15 is 0 Å². The lowest BCUT2D eigenvalue weighted by atomic mass is 10.3. The number of nitrogens with zero attached hydrogens (tertiary/aromatic N) is 2. The first-order chi connectivity index (χ1) is 6.29. The van der Waals surface area contributed by atoms with Gasteiger partial charge in [0.2, 0.25) is 6.04 Å². The van der Waals surface area contributed by atoms with Crippen LogP contribution in [0.25, 0.3) is 0 Å². The molecule has 70 valence electrons. The zero-order chi connectivity index (χ0) is 9.68. The van der Waals surface area contributed by atoms with Gasteiger partial charge in [0.25, 0.3) is 0 Å². The molecule has 0 saturated carbocycles. The van der Waals surface area contributed by atoms with E-state index < -0.39 is 12.0 Å². The quantitative estimate of drug-likeness (QED) is 0.545. The van der Waals surface area contributed by atoms with Gasteiger partial charge in [0, 0.05) is 11.6 Å². The van der Waals surface area contributed by atoms with Gasteiger partial charge >= 0.3 is 5.97 Å². The minimum absolute atomic E-state index is 0.232. The van der Waals surface area contributed by atoms with Crippen molar-refractivity contribution in [3.8, 4) is 0 Å². The lowest BCUT2D eigenvalue weighted by Crippen LogP contribution is -2.13. The minimum Gasteiger partial charge on any atom is -0.464 e. The Kier molecular flexibility index (Phi) is 3.51. The largest absolute Gasteiger partial charge is 0.464 e. The van der Waals surface area contributed by atoms with Crippen molar-refractivity contribution in [3.05, 3.63) is 21.5 Å². The molecule has 5 nitrogen and oxygen atoms in total. The van der Waals surface area contributed by atoms with Crippen LogP contribution in [0.15, 0.2) is 16.8 Å². The fraction of sp³-hybridized carbons (Fsp3) is 0.429. The molecule has 1 atom stereocenters. The van der Waals surface area contributed by atoms with Crippen molar-refractivity contribution in [2.75, 3.05) is 6.61 Å². The van der Waals surface area contributed by atoms with Gasteiger partial charge in [-0.1, -0.05) is 0 Å². The van der Waals surface area contributed by atoms with Crippen LogP contribution in [0.2, 0.25) is 0 Å². The second-order valence-electron chi connectivity index (χ2n) is 2.13. The molecule has 0 aliphatic rings. The first kappa shape index (κ1) is 9.79. The summed E-state index contributed by atoms with van der Waals surface area (Å²) in [6.07, 6.45) is 1.51. The molecule has 1 aromatic rings. The van der Waals surface area contributed by atoms with Crippen LogP contribution < -0.4 is 0 Å². The molecule has 1 unspecified atom stereocenters. The maximum atomic E-state index is 11.1. The normalized spacial score (nSPS) is 12.1. The molecule has 0 N–H and O–H groups in total. The first-order valence-corrected chi connectivity index (χ1v) is 4.56. The number of ether oxygens (including phenoxy) is 1. The Balaban J connectivity index is 2.74. The molecule has 1 heterocycles. The van der Waals surface area contributed by atoms with E-state index in [1.165, 1.54) is 17.5 Å². The number of carbonyl (C=O) groups is 1. The molecule has 0 radical (unpaired) electrons. The number of aromatic nitrogens is 1. The predicted molar refractivity (Wildman–Crippen MR) is 47.3 cm³/mol. The van der Waals surface area contributed by atoms with Gasteiger partial charge in [0.15, 0.2) is 0 Å². The maximum Gasteiger partial charge on any atom is 0.341 e. The van der Waals surface area contributed by atoms with Gasteiger partial charge in [-0.25, -0.2) is 9.78 Å². The van der Waals surface area contributed by atoms with Gasteiger partial charge in [-0.15, -0.1) is 16.2 Å². The predicted octanol–water partition coefficient (Wildman–Crippen LogP) is 1.51. The molecular formula is C7H8N2O3S. The van der Waals surface area contributed by atoms with E-state index in [2.05, 4.69) is 14.9 Å². The summed E-state index contributed by atoms with van der Waals surface area (Å²) in [6, 6.07) is -1.11. The van der Waals surface area contributed by atoms with Crippen LogP contribution in [0.1, 0.15) is 18.0 Å². The summed E-state index contributed by atoms with van der Waals surface area (Å²) in [5, 5.41) is 4.71. The number of esters is 1. The Hall–Kier alpha value is -1.30. The summed E-state index contributed by atoms with van der Waals surface area (Å²) in [4.78, 5) is 25.3. The number of carbonyl (C=O) groups excluding carboxylic acids is 1. The Labute approximate surface area is 78.7 Å². The molecule has 0 saturated heterocycles. The van der Waals surface area contributed by atoms with Crippen molar-refractivity contribution in [2.45, 2.75) is 13.0 Å². The number of hydrogen-bond donors (Lipinski definition) is 0. The molecule has 1 rings (SSSR count). The SMILES string of the molecule is CCOC(=O)C(N=O)c1nccs1. The Bertz CT molecular complexity index is 286. The monoisotopic (exact) mass is 200 g/mol. The second kappa shape index (κ2) is 4.66. The van der Waals surface area contributed by atoms with Crippen LogP contribution in [0, 0.1) is 4.91 Å². The summed E-state index contributed by atoms with van der Waals surface area (Å²) < 4.78 is 4.65. The van der Waals surface area contributed by atoms with E-state index in [1.807, 2.05) is 0 Å². The summed E-state index contributed by atoms with van der Waals surface area (Å²) in [5.41, 5.74) is 0. The van der Waals surface area contributed by atoms with Gasteiger partial charge < -0.3 is 4.74 Å². The van der Waals surface area contributed by atoms with Crippen LogP contribution in [0.5, 0.6) is 0 Å². The summed E-state index contributed by atoms with van der Waals surface area (Å²) >= 11 is 1.20. The number of nitroso groups, excluding NO2 is 1. The van der Waals surface area contributed by atoms with Gasteiger partial charge in [0.05, 0.1) is 6.61 Å². The van der Waals surface area contributed by atoms with Crippen molar-refractivity contribution in [3.63, 3.8) is 0 Å². The molecule has 1 aromatic heterocycles. The number of rotatable bonds is 4. The van der Waals surface area contributed by atoms with Crippen molar-refractivity contribution in [2.24, 2.45) is 5.18 Å². The van der Waals surface area contributed by atoms with E-state index in [0.717, 1.165) is 0 Å². The average molecular weight is 200 g/mol. The summed E-state index contributed by atoms with van der Waals surface area (Å²) in [6.45, 7) is 1.90. The molecule has 13 heavy (non-hydrogen) atoms. The van der Waals surface area contributed by atoms with Crippen molar-refractivity contribution >= 4 is 17.3 Å². The molecule has 0 spiro atoms. The van der Waals surface area contributed by atoms with Crippen molar-refractivity contribution in [1.29, 1.82) is 0 Å². The Morgan fingerprint density at radius 3 is 3.08 bits per heavy atom. The molecular weight excluding hydrogens is 192 g/mol. The minimum atomic E-state index is -1.11. The number of thiazole rings is 1. The van der Waals surface area contributed by atoms with Crippen LogP contribution in [0.3, 0.4) is 0 Å². The molecule has 0 aliphatic heterocycles. The molecule has 0 aromatic carbocycles. The third-order valence-electron chi connectivity index (χ3n) is 1.30. The van der Waals surface area contributed by atoms with Gasteiger partial charge in [-0.2, -0.15) is 0 Å². The van der Waals surface area contributed by atoms with E-state index in [9.17, 15) is 9.70 Å². The van der Waals surface area contributed by atoms with Gasteiger partial charge in [-0.05, 0) is 12.1 Å². The lowest BCUT2D eigenvalue weighted by molar-refractivity contribution is -0.144. The third kappa shape index (κ3) is 2.32. The van der Waals surface area contributed by atoms with E-state index in [1.54, 1.807) is 12.3 Å². The van der Waals surface area contributed by atoms with Crippen molar-refractivity contribution < 1.29 is 9.53 Å². The summed E-state index contributed by atoms with van der Waals surface area (Å²) in [5.74, 6) is -0.646. The van der Waals surface area contributed by atoms with Gasteiger partial charge in [-0.3, -0.25) is 0 Å². The van der Waals surface area contributed by atoms with Crippen LogP contribution in [0.4, 0.5) is 0 Å². The summed E-state index contributed by atoms with van der Waals surface area (Å²) in [7, 11) is 0. The van der Waals surface area contributed by atoms with E-state index in [4.69, 9.17) is 0 Å². The molecule has 0 bridgehead atoms. The highest BCUT2D eigenvalue weighted by Crippen LogP contribution is 2.20. The molecule has 0 aliphatic carbocycles. The van der Waals surface area contributed by atoms with E-state index in [-0.39, 0.29) is 6.61 Å². The van der Waals surface area contributed by atoms with E-state index in [0.29, 0.717) is 5.01 Å². The van der Waals surface area contributed by atoms with Gasteiger partial charge in [0.1, 0.15) is 5.01 Å².